The number of benzene rings is 1. The third-order valence-electron chi connectivity index (χ3n) is 2.98. The van der Waals surface area contributed by atoms with E-state index in [1.165, 1.54) is 36.5 Å². The summed E-state index contributed by atoms with van der Waals surface area (Å²) in [6, 6.07) is 7.13. The van der Waals surface area contributed by atoms with Crippen LogP contribution < -0.4 is 10.6 Å². The zero-order valence-corrected chi connectivity index (χ0v) is 11.8. The number of aromatic nitrogens is 1. The normalized spacial score (nSPS) is 10.1. The minimum absolute atomic E-state index is 0.0779. The lowest BCUT2D eigenvalue weighted by Gasteiger charge is -2.21. The first-order valence-corrected chi connectivity index (χ1v) is 6.46. The van der Waals surface area contributed by atoms with Crippen LogP contribution in [0.3, 0.4) is 0 Å². The highest BCUT2D eigenvalue weighted by Crippen LogP contribution is 2.18. The number of carbonyl (C=O) groups is 3. The maximum atomic E-state index is 12.5. The van der Waals surface area contributed by atoms with Crippen molar-refractivity contribution in [2.75, 3.05) is 17.2 Å². The molecule has 2 rings (SSSR count). The van der Waals surface area contributed by atoms with Crippen LogP contribution in [0.25, 0.3) is 0 Å². The van der Waals surface area contributed by atoms with Crippen LogP contribution in [0.1, 0.15) is 20.7 Å². The van der Waals surface area contributed by atoms with E-state index in [9.17, 15) is 14.4 Å². The SMILES string of the molecule is Nc1ccc(C(=O)N(CC(=O)O)c2cncc(C(=O)O)c2)cc1. The van der Waals surface area contributed by atoms with Crippen LogP contribution in [-0.4, -0.2) is 39.6 Å². The van der Waals surface area contributed by atoms with E-state index in [1.807, 2.05) is 0 Å². The Hall–Kier alpha value is -3.42. The van der Waals surface area contributed by atoms with E-state index >= 15 is 0 Å². The number of anilines is 2. The van der Waals surface area contributed by atoms with E-state index in [-0.39, 0.29) is 16.8 Å². The van der Waals surface area contributed by atoms with Crippen LogP contribution in [0.5, 0.6) is 0 Å². The quantitative estimate of drug-likeness (QED) is 0.703. The second-order valence-corrected chi connectivity index (χ2v) is 4.64. The first kappa shape index (κ1) is 16.0. The van der Waals surface area contributed by atoms with Crippen molar-refractivity contribution in [3.05, 3.63) is 53.9 Å². The van der Waals surface area contributed by atoms with Gasteiger partial charge in [0.1, 0.15) is 6.54 Å². The van der Waals surface area contributed by atoms with E-state index in [1.54, 1.807) is 0 Å². The van der Waals surface area contributed by atoms with Crippen molar-refractivity contribution in [3.8, 4) is 0 Å². The van der Waals surface area contributed by atoms with Crippen molar-refractivity contribution in [2.45, 2.75) is 0 Å². The van der Waals surface area contributed by atoms with Crippen LogP contribution in [0.15, 0.2) is 42.7 Å². The Labute approximate surface area is 130 Å². The number of aliphatic carboxylic acids is 1. The lowest BCUT2D eigenvalue weighted by Crippen LogP contribution is -2.36. The van der Waals surface area contributed by atoms with Gasteiger partial charge in [0.05, 0.1) is 17.4 Å². The third kappa shape index (κ3) is 3.82. The Kier molecular flexibility index (Phi) is 4.55. The lowest BCUT2D eigenvalue weighted by molar-refractivity contribution is -0.135. The average molecular weight is 315 g/mol. The number of nitrogen functional groups attached to an aromatic ring is 1. The summed E-state index contributed by atoms with van der Waals surface area (Å²) < 4.78 is 0. The lowest BCUT2D eigenvalue weighted by atomic mass is 10.1. The predicted molar refractivity (Wildman–Crippen MR) is 81.4 cm³/mol. The number of nitrogens with zero attached hydrogens (tertiary/aromatic N) is 2. The molecule has 0 aliphatic carbocycles. The van der Waals surface area contributed by atoms with Crippen molar-refractivity contribution in [3.63, 3.8) is 0 Å². The zero-order chi connectivity index (χ0) is 17.0. The van der Waals surface area contributed by atoms with Gasteiger partial charge in [-0.2, -0.15) is 0 Å². The molecule has 0 aliphatic heterocycles. The molecule has 1 amide bonds. The van der Waals surface area contributed by atoms with Gasteiger partial charge in [0.15, 0.2) is 0 Å². The number of amides is 1. The van der Waals surface area contributed by atoms with Gasteiger partial charge in [-0.05, 0) is 30.3 Å². The van der Waals surface area contributed by atoms with Crippen molar-refractivity contribution >= 4 is 29.2 Å². The summed E-state index contributed by atoms with van der Waals surface area (Å²) in [4.78, 5) is 39.2. The molecule has 0 radical (unpaired) electrons. The van der Waals surface area contributed by atoms with E-state index in [0.717, 1.165) is 11.1 Å². The minimum atomic E-state index is -1.24. The van der Waals surface area contributed by atoms with Gasteiger partial charge in [0.25, 0.3) is 5.91 Å². The molecule has 0 spiro atoms. The van der Waals surface area contributed by atoms with E-state index in [0.29, 0.717) is 5.69 Å². The average Bonchev–Trinajstić information content (AvgIpc) is 2.52. The van der Waals surface area contributed by atoms with Crippen molar-refractivity contribution < 1.29 is 24.6 Å². The topological polar surface area (TPSA) is 134 Å². The highest BCUT2D eigenvalue weighted by atomic mass is 16.4. The van der Waals surface area contributed by atoms with Crippen molar-refractivity contribution in [1.29, 1.82) is 0 Å². The Bertz CT molecular complexity index is 758. The third-order valence-corrected chi connectivity index (χ3v) is 2.98. The van der Waals surface area contributed by atoms with Gasteiger partial charge >= 0.3 is 11.9 Å². The number of carboxylic acid groups (broad SMARTS) is 2. The van der Waals surface area contributed by atoms with Gasteiger partial charge in [-0.1, -0.05) is 0 Å². The van der Waals surface area contributed by atoms with Crippen LogP contribution >= 0.6 is 0 Å². The number of nitrogens with two attached hydrogens (primary N) is 1. The summed E-state index contributed by atoms with van der Waals surface area (Å²) in [5.74, 6) is -3.07. The first-order valence-electron chi connectivity index (χ1n) is 6.46. The number of carbonyl (C=O) groups excluding carboxylic acids is 1. The molecule has 2 aromatic rings. The molecule has 0 saturated carbocycles. The van der Waals surface area contributed by atoms with Gasteiger partial charge in [0.2, 0.25) is 0 Å². The standard InChI is InChI=1S/C15H13N3O5/c16-11-3-1-9(2-4-11)14(21)18(8-13(19)20)12-5-10(15(22)23)6-17-7-12/h1-7H,8,16H2,(H,19,20)(H,22,23). The molecule has 0 atom stereocenters. The number of aromatic carboxylic acids is 1. The summed E-state index contributed by atoms with van der Waals surface area (Å²) in [5.41, 5.74) is 6.16. The fraction of sp³-hybridized carbons (Fsp3) is 0.0667. The van der Waals surface area contributed by atoms with E-state index in [2.05, 4.69) is 4.98 Å². The van der Waals surface area contributed by atoms with E-state index < -0.39 is 24.4 Å². The Morgan fingerprint density at radius 3 is 2.26 bits per heavy atom. The molecule has 4 N–H and O–H groups in total. The molecule has 1 aromatic heterocycles. The molecule has 1 aromatic carbocycles. The van der Waals surface area contributed by atoms with Gasteiger partial charge < -0.3 is 15.9 Å². The second-order valence-electron chi connectivity index (χ2n) is 4.64. The zero-order valence-electron chi connectivity index (χ0n) is 11.8. The summed E-state index contributed by atoms with van der Waals surface area (Å²) in [5, 5.41) is 18.0. The molecule has 0 unspecified atom stereocenters. The van der Waals surface area contributed by atoms with Crippen LogP contribution in [0, 0.1) is 0 Å². The fourth-order valence-corrected chi connectivity index (χ4v) is 1.89. The Balaban J connectivity index is 2.42. The molecular formula is C15H13N3O5. The van der Waals surface area contributed by atoms with Gasteiger partial charge in [-0.15, -0.1) is 0 Å². The van der Waals surface area contributed by atoms with Crippen LogP contribution in [0.4, 0.5) is 11.4 Å². The monoisotopic (exact) mass is 315 g/mol. The maximum absolute atomic E-state index is 12.5. The molecule has 23 heavy (non-hydrogen) atoms. The minimum Gasteiger partial charge on any atom is -0.480 e. The number of carboxylic acids is 2. The Morgan fingerprint density at radius 2 is 1.70 bits per heavy atom. The molecule has 0 fully saturated rings. The fourth-order valence-electron chi connectivity index (χ4n) is 1.89. The smallest absolute Gasteiger partial charge is 0.337 e. The molecule has 8 heteroatoms. The first-order chi connectivity index (χ1) is 10.9. The van der Waals surface area contributed by atoms with Crippen molar-refractivity contribution in [2.24, 2.45) is 0 Å². The van der Waals surface area contributed by atoms with Crippen LogP contribution in [-0.2, 0) is 4.79 Å². The predicted octanol–water partition coefficient (Wildman–Crippen LogP) is 1.09. The number of rotatable bonds is 5. The van der Waals surface area contributed by atoms with Crippen LogP contribution in [0.2, 0.25) is 0 Å². The molecule has 0 aliphatic rings. The highest BCUT2D eigenvalue weighted by molar-refractivity contribution is 6.08. The van der Waals surface area contributed by atoms with Gasteiger partial charge in [-0.3, -0.25) is 19.5 Å². The molecule has 0 saturated heterocycles. The molecule has 118 valence electrons. The van der Waals surface area contributed by atoms with Gasteiger partial charge in [0, 0.05) is 17.4 Å². The maximum Gasteiger partial charge on any atom is 0.337 e. The highest BCUT2D eigenvalue weighted by Gasteiger charge is 2.21. The number of pyridine rings is 1. The summed E-state index contributed by atoms with van der Waals surface area (Å²) in [6.07, 6.45) is 2.34. The summed E-state index contributed by atoms with van der Waals surface area (Å²) in [6.45, 7) is -0.631. The van der Waals surface area contributed by atoms with Gasteiger partial charge in [-0.25, -0.2) is 4.79 Å². The Morgan fingerprint density at radius 1 is 1.04 bits per heavy atom. The summed E-state index contributed by atoms with van der Waals surface area (Å²) >= 11 is 0. The largest absolute Gasteiger partial charge is 0.480 e. The molecule has 1 heterocycles. The second kappa shape index (κ2) is 6.56. The van der Waals surface area contributed by atoms with E-state index in [4.69, 9.17) is 15.9 Å². The molecular weight excluding hydrogens is 302 g/mol. The molecule has 0 bridgehead atoms. The number of hydrogen-bond donors (Lipinski definition) is 3. The number of hydrogen-bond acceptors (Lipinski definition) is 5. The molecule has 8 nitrogen and oxygen atoms in total. The van der Waals surface area contributed by atoms with Crippen molar-refractivity contribution in [1.82, 2.24) is 4.98 Å². The summed E-state index contributed by atoms with van der Waals surface area (Å²) in [7, 11) is 0.